The van der Waals surface area contributed by atoms with Gasteiger partial charge in [0.1, 0.15) is 11.2 Å². The molecular weight excluding hydrogens is 765 g/mol. The number of para-hydroxylation sites is 3. The van der Waals surface area contributed by atoms with Crippen LogP contribution in [0.3, 0.4) is 0 Å². The van der Waals surface area contributed by atoms with Gasteiger partial charge in [0.2, 0.25) is 0 Å². The lowest BCUT2D eigenvalue weighted by Gasteiger charge is -2.26. The molecule has 0 unspecified atom stereocenters. The zero-order valence-electron chi connectivity index (χ0n) is 34.1. The predicted octanol–water partition coefficient (Wildman–Crippen LogP) is 17.0. The van der Waals surface area contributed by atoms with Crippen molar-refractivity contribution in [2.45, 2.75) is 0 Å². The Morgan fingerprint density at radius 1 is 0.270 bits per heavy atom. The fourth-order valence-electron chi connectivity index (χ4n) is 10.6. The summed E-state index contributed by atoms with van der Waals surface area (Å²) in [5.41, 5.74) is 13.6. The van der Waals surface area contributed by atoms with E-state index in [1.807, 2.05) is 12.1 Å². The minimum absolute atomic E-state index is 0.906. The van der Waals surface area contributed by atoms with Crippen LogP contribution in [0.4, 0.5) is 17.1 Å². The highest BCUT2D eigenvalue weighted by Gasteiger charge is 2.19. The Balaban J connectivity index is 0.906. The molecule has 63 heavy (non-hydrogen) atoms. The number of benzene rings is 11. The lowest BCUT2D eigenvalue weighted by molar-refractivity contribution is 0.669. The molecule has 0 spiro atoms. The molecule has 3 heterocycles. The Labute approximate surface area is 362 Å². The van der Waals surface area contributed by atoms with E-state index in [1.165, 1.54) is 81.5 Å². The number of fused-ring (bicyclic) bond motifs is 15. The molecule has 14 rings (SSSR count). The van der Waals surface area contributed by atoms with Crippen molar-refractivity contribution in [1.82, 2.24) is 4.40 Å². The minimum atomic E-state index is 0.906. The van der Waals surface area contributed by atoms with E-state index in [1.54, 1.807) is 0 Å². The van der Waals surface area contributed by atoms with Gasteiger partial charge in [-0.3, -0.25) is 0 Å². The van der Waals surface area contributed by atoms with Crippen LogP contribution in [0.5, 0.6) is 0 Å². The molecule has 0 aliphatic heterocycles. The standard InChI is InChI=1S/C60H36N2O/c1-2-12-46-44(10-1)45-11-3-4-13-47(45)53-36-43(30-31-48(46)53)61(42-28-22-38(23-29-42)40-25-33-59-55(35-40)50-15-6-8-19-58(50)63-59)41-26-20-37(21-27-41)39-24-32-57-54(34-39)52-17-9-16-51-49-14-5-7-18-56(49)62(57)60(51)52/h1-36H. The van der Waals surface area contributed by atoms with Crippen molar-refractivity contribution < 1.29 is 4.42 Å². The van der Waals surface area contributed by atoms with Gasteiger partial charge in [-0.25, -0.2) is 0 Å². The lowest BCUT2D eigenvalue weighted by Crippen LogP contribution is -2.10. The average molecular weight is 801 g/mol. The maximum Gasteiger partial charge on any atom is 0.135 e. The Morgan fingerprint density at radius 3 is 1.41 bits per heavy atom. The van der Waals surface area contributed by atoms with Gasteiger partial charge in [-0.1, -0.05) is 146 Å². The molecule has 0 aliphatic rings. The second kappa shape index (κ2) is 13.1. The Hall–Kier alpha value is -8.40. The highest BCUT2D eigenvalue weighted by Crippen LogP contribution is 2.44. The molecule has 3 nitrogen and oxygen atoms in total. The predicted molar refractivity (Wildman–Crippen MR) is 266 cm³/mol. The first kappa shape index (κ1) is 34.3. The van der Waals surface area contributed by atoms with Crippen molar-refractivity contribution >= 4 is 109 Å². The van der Waals surface area contributed by atoms with Crippen molar-refractivity contribution in [1.29, 1.82) is 0 Å². The van der Waals surface area contributed by atoms with Crippen LogP contribution in [0.25, 0.3) is 115 Å². The van der Waals surface area contributed by atoms with Crippen molar-refractivity contribution in [2.75, 3.05) is 4.90 Å². The number of nitrogens with zero attached hydrogens (tertiary/aromatic N) is 2. The molecule has 0 saturated carbocycles. The van der Waals surface area contributed by atoms with E-state index in [9.17, 15) is 0 Å². The van der Waals surface area contributed by atoms with E-state index in [2.05, 4.69) is 216 Å². The molecule has 3 heteroatoms. The molecule has 0 bridgehead atoms. The molecular formula is C60H36N2O. The number of rotatable bonds is 5. The summed E-state index contributed by atoms with van der Waals surface area (Å²) in [6.45, 7) is 0. The van der Waals surface area contributed by atoms with Crippen LogP contribution < -0.4 is 4.90 Å². The van der Waals surface area contributed by atoms with Crippen molar-refractivity contribution in [3.8, 4) is 22.3 Å². The fraction of sp³-hybridized carbons (Fsp3) is 0. The first-order chi connectivity index (χ1) is 31.2. The highest BCUT2D eigenvalue weighted by atomic mass is 16.3. The quantitative estimate of drug-likeness (QED) is 0.162. The molecule has 0 saturated heterocycles. The summed E-state index contributed by atoms with van der Waals surface area (Å²) < 4.78 is 8.60. The zero-order chi connectivity index (χ0) is 41.2. The van der Waals surface area contributed by atoms with E-state index in [-0.39, 0.29) is 0 Å². The molecule has 3 aromatic heterocycles. The molecule has 11 aromatic carbocycles. The van der Waals surface area contributed by atoms with Gasteiger partial charge >= 0.3 is 0 Å². The minimum Gasteiger partial charge on any atom is -0.456 e. The van der Waals surface area contributed by atoms with E-state index in [0.717, 1.165) is 50.1 Å². The van der Waals surface area contributed by atoms with Gasteiger partial charge in [0, 0.05) is 49.4 Å². The summed E-state index contributed by atoms with van der Waals surface area (Å²) in [4.78, 5) is 2.39. The van der Waals surface area contributed by atoms with Gasteiger partial charge in [0.05, 0.1) is 16.6 Å². The van der Waals surface area contributed by atoms with E-state index in [0.29, 0.717) is 0 Å². The van der Waals surface area contributed by atoms with Gasteiger partial charge < -0.3 is 13.7 Å². The van der Waals surface area contributed by atoms with Crippen molar-refractivity contribution in [3.63, 3.8) is 0 Å². The van der Waals surface area contributed by atoms with E-state index >= 15 is 0 Å². The Bertz CT molecular complexity index is 4100. The number of furan rings is 1. The molecule has 0 fully saturated rings. The third-order valence-corrected chi connectivity index (χ3v) is 13.5. The normalized spacial score (nSPS) is 12.1. The summed E-state index contributed by atoms with van der Waals surface area (Å²) in [6, 6.07) is 79.9. The van der Waals surface area contributed by atoms with Gasteiger partial charge in [0.15, 0.2) is 0 Å². The van der Waals surface area contributed by atoms with Crippen molar-refractivity contribution in [3.05, 3.63) is 218 Å². The second-order valence-electron chi connectivity index (χ2n) is 16.8. The monoisotopic (exact) mass is 800 g/mol. The van der Waals surface area contributed by atoms with E-state index in [4.69, 9.17) is 4.42 Å². The van der Waals surface area contributed by atoms with Gasteiger partial charge in [-0.2, -0.15) is 0 Å². The van der Waals surface area contributed by atoms with Crippen LogP contribution in [0.1, 0.15) is 0 Å². The smallest absolute Gasteiger partial charge is 0.135 e. The zero-order valence-corrected chi connectivity index (χ0v) is 34.1. The summed E-state index contributed by atoms with van der Waals surface area (Å²) in [6.07, 6.45) is 0. The first-order valence-corrected chi connectivity index (χ1v) is 21.7. The van der Waals surface area contributed by atoms with Gasteiger partial charge in [-0.15, -0.1) is 0 Å². The highest BCUT2D eigenvalue weighted by molar-refractivity contribution is 6.26. The summed E-state index contributed by atoms with van der Waals surface area (Å²) >= 11 is 0. The van der Waals surface area contributed by atoms with Crippen molar-refractivity contribution in [2.24, 2.45) is 0 Å². The topological polar surface area (TPSA) is 20.8 Å². The average Bonchev–Trinajstić information content (AvgIpc) is 4.01. The third-order valence-electron chi connectivity index (χ3n) is 13.5. The summed E-state index contributed by atoms with van der Waals surface area (Å²) in [5.74, 6) is 0. The molecule has 0 amide bonds. The number of aromatic nitrogens is 1. The first-order valence-electron chi connectivity index (χ1n) is 21.7. The van der Waals surface area contributed by atoms with Gasteiger partial charge in [-0.05, 0) is 127 Å². The van der Waals surface area contributed by atoms with Gasteiger partial charge in [0.25, 0.3) is 0 Å². The van der Waals surface area contributed by atoms with Crippen LogP contribution in [-0.2, 0) is 0 Å². The largest absolute Gasteiger partial charge is 0.456 e. The second-order valence-corrected chi connectivity index (χ2v) is 16.8. The lowest BCUT2D eigenvalue weighted by atomic mass is 9.94. The van der Waals surface area contributed by atoms with E-state index < -0.39 is 0 Å². The molecule has 0 atom stereocenters. The molecule has 14 aromatic rings. The Morgan fingerprint density at radius 2 is 0.730 bits per heavy atom. The summed E-state index contributed by atoms with van der Waals surface area (Å²) in [7, 11) is 0. The van der Waals surface area contributed by atoms with Crippen LogP contribution in [0.2, 0.25) is 0 Å². The molecule has 292 valence electrons. The van der Waals surface area contributed by atoms with Crippen LogP contribution in [0, 0.1) is 0 Å². The summed E-state index contributed by atoms with van der Waals surface area (Å²) in [5, 5.41) is 15.0. The maximum atomic E-state index is 6.16. The van der Waals surface area contributed by atoms with Crippen LogP contribution in [-0.4, -0.2) is 4.40 Å². The maximum absolute atomic E-state index is 6.16. The van der Waals surface area contributed by atoms with Crippen LogP contribution >= 0.6 is 0 Å². The third kappa shape index (κ3) is 5.02. The number of hydrogen-bond donors (Lipinski definition) is 0. The SMILES string of the molecule is c1ccc2c(c1)oc1ccc(-c3ccc(N(c4ccc(-c5ccc6c(c5)c5cccc7c8ccccc8n6c75)cc4)c4ccc5c6ccccc6c6ccccc6c5c4)cc3)cc12. The fourth-order valence-corrected chi connectivity index (χ4v) is 10.6. The molecule has 0 N–H and O–H groups in total. The number of hydrogen-bond acceptors (Lipinski definition) is 2. The van der Waals surface area contributed by atoms with Crippen LogP contribution in [0.15, 0.2) is 223 Å². The molecule has 0 radical (unpaired) electrons. The molecule has 0 aliphatic carbocycles. The number of anilines is 3. The Kier molecular flexibility index (Phi) is 7.11.